The third kappa shape index (κ3) is 8.06. The molecule has 214 valence electrons. The van der Waals surface area contributed by atoms with Gasteiger partial charge in [0, 0.05) is 38.1 Å². The van der Waals surface area contributed by atoms with Crippen molar-refractivity contribution in [2.75, 3.05) is 24.9 Å². The monoisotopic (exact) mass is 584 g/mol. The molecule has 8 nitrogen and oxygen atoms in total. The standard InChI is InChI=1S/C30H37ClN4O4S/c1-5-23(2)32-30(37)28(20-24-14-8-6-9-15-24)34(21-25-16-12-13-19-27(25)31)29(36)22-35(40(38,39)33(3)4)26-17-10-7-11-18-26/h6-19,23,28H,5,20-22H2,1-4H3,(H,32,37)/t23-,28-/m1/s1. The molecule has 0 saturated heterocycles. The Hall–Kier alpha value is -3.40. The summed E-state index contributed by atoms with van der Waals surface area (Å²) in [4.78, 5) is 29.3. The molecule has 1 N–H and O–H groups in total. The Morgan fingerprint density at radius 2 is 1.48 bits per heavy atom. The Labute approximate surface area is 242 Å². The third-order valence-electron chi connectivity index (χ3n) is 6.63. The maximum absolute atomic E-state index is 14.2. The average molecular weight is 585 g/mol. The van der Waals surface area contributed by atoms with E-state index in [1.807, 2.05) is 50.2 Å². The zero-order chi connectivity index (χ0) is 29.3. The minimum atomic E-state index is -4.04. The quantitative estimate of drug-likeness (QED) is 0.320. The maximum Gasteiger partial charge on any atom is 0.304 e. The zero-order valence-corrected chi connectivity index (χ0v) is 24.9. The van der Waals surface area contributed by atoms with Gasteiger partial charge in [0.1, 0.15) is 12.6 Å². The van der Waals surface area contributed by atoms with Gasteiger partial charge in [-0.15, -0.1) is 0 Å². The highest BCUT2D eigenvalue weighted by atomic mass is 35.5. The Balaban J connectivity index is 2.09. The molecule has 0 aliphatic heterocycles. The van der Waals surface area contributed by atoms with E-state index in [0.29, 0.717) is 22.7 Å². The van der Waals surface area contributed by atoms with Gasteiger partial charge in [0.15, 0.2) is 0 Å². The van der Waals surface area contributed by atoms with Crippen LogP contribution in [0.5, 0.6) is 0 Å². The molecule has 0 spiro atoms. The molecule has 3 rings (SSSR count). The lowest BCUT2D eigenvalue weighted by molar-refractivity contribution is -0.140. The van der Waals surface area contributed by atoms with Crippen LogP contribution in [-0.4, -0.2) is 62.2 Å². The summed E-state index contributed by atoms with van der Waals surface area (Å²) in [5, 5.41) is 3.46. The number of hydrogen-bond acceptors (Lipinski definition) is 4. The van der Waals surface area contributed by atoms with Crippen molar-refractivity contribution in [3.63, 3.8) is 0 Å². The summed E-state index contributed by atoms with van der Waals surface area (Å²) >= 11 is 6.49. The van der Waals surface area contributed by atoms with Crippen molar-refractivity contribution in [1.29, 1.82) is 0 Å². The fourth-order valence-electron chi connectivity index (χ4n) is 4.12. The summed E-state index contributed by atoms with van der Waals surface area (Å²) in [6.07, 6.45) is 0.955. The number of amides is 2. The molecule has 3 aromatic carbocycles. The molecular weight excluding hydrogens is 548 g/mol. The lowest BCUT2D eigenvalue weighted by Crippen LogP contribution is -2.55. The second-order valence-electron chi connectivity index (χ2n) is 9.77. The van der Waals surface area contributed by atoms with Gasteiger partial charge in [-0.25, -0.2) is 4.31 Å². The highest BCUT2D eigenvalue weighted by molar-refractivity contribution is 7.90. The van der Waals surface area contributed by atoms with Crippen LogP contribution in [0.15, 0.2) is 84.9 Å². The molecule has 10 heteroatoms. The normalized spacial score (nSPS) is 12.9. The predicted octanol–water partition coefficient (Wildman–Crippen LogP) is 4.51. The van der Waals surface area contributed by atoms with Crippen molar-refractivity contribution < 1.29 is 18.0 Å². The summed E-state index contributed by atoms with van der Waals surface area (Å²) in [6, 6.07) is 23.9. The van der Waals surface area contributed by atoms with E-state index in [9.17, 15) is 18.0 Å². The lowest BCUT2D eigenvalue weighted by atomic mass is 10.0. The topological polar surface area (TPSA) is 90.0 Å². The Bertz CT molecular complexity index is 1370. The van der Waals surface area contributed by atoms with Crippen molar-refractivity contribution in [3.05, 3.63) is 101 Å². The number of carbonyl (C=O) groups excluding carboxylic acids is 2. The molecule has 0 unspecified atom stereocenters. The molecule has 0 aromatic heterocycles. The fourth-order valence-corrected chi connectivity index (χ4v) is 5.37. The highest BCUT2D eigenvalue weighted by Crippen LogP contribution is 2.23. The highest BCUT2D eigenvalue weighted by Gasteiger charge is 2.35. The minimum Gasteiger partial charge on any atom is -0.352 e. The molecule has 0 saturated carbocycles. The Kier molecular flexibility index (Phi) is 11.1. The second kappa shape index (κ2) is 14.3. The van der Waals surface area contributed by atoms with Gasteiger partial charge in [-0.3, -0.25) is 9.59 Å². The van der Waals surface area contributed by atoms with Crippen molar-refractivity contribution in [1.82, 2.24) is 14.5 Å². The first-order valence-corrected chi connectivity index (χ1v) is 14.9. The van der Waals surface area contributed by atoms with E-state index >= 15 is 0 Å². The van der Waals surface area contributed by atoms with Gasteiger partial charge in [0.25, 0.3) is 0 Å². The summed E-state index contributed by atoms with van der Waals surface area (Å²) in [5.41, 5.74) is 1.85. The van der Waals surface area contributed by atoms with Gasteiger partial charge in [-0.05, 0) is 42.7 Å². The van der Waals surface area contributed by atoms with Crippen LogP contribution in [0.3, 0.4) is 0 Å². The van der Waals surface area contributed by atoms with Gasteiger partial charge < -0.3 is 10.2 Å². The first-order valence-electron chi connectivity index (χ1n) is 13.2. The van der Waals surface area contributed by atoms with E-state index in [2.05, 4.69) is 5.32 Å². The van der Waals surface area contributed by atoms with Crippen LogP contribution < -0.4 is 9.62 Å². The van der Waals surface area contributed by atoms with Crippen molar-refractivity contribution in [3.8, 4) is 0 Å². The number of nitrogens with zero attached hydrogens (tertiary/aromatic N) is 3. The van der Waals surface area contributed by atoms with Crippen LogP contribution in [0, 0.1) is 0 Å². The first kappa shape index (κ1) is 31.1. The molecule has 40 heavy (non-hydrogen) atoms. The van der Waals surface area contributed by atoms with E-state index in [-0.39, 0.29) is 24.9 Å². The van der Waals surface area contributed by atoms with E-state index in [1.54, 1.807) is 48.5 Å². The summed E-state index contributed by atoms with van der Waals surface area (Å²) in [7, 11) is -1.21. The Morgan fingerprint density at radius 1 is 0.900 bits per heavy atom. The summed E-state index contributed by atoms with van der Waals surface area (Å²) < 4.78 is 28.8. The predicted molar refractivity (Wildman–Crippen MR) is 160 cm³/mol. The van der Waals surface area contributed by atoms with Gasteiger partial charge in [-0.1, -0.05) is 85.3 Å². The average Bonchev–Trinajstić information content (AvgIpc) is 2.95. The third-order valence-corrected chi connectivity index (χ3v) is 8.82. The van der Waals surface area contributed by atoms with Crippen LogP contribution in [0.4, 0.5) is 5.69 Å². The largest absolute Gasteiger partial charge is 0.352 e. The van der Waals surface area contributed by atoms with Crippen LogP contribution >= 0.6 is 11.6 Å². The Morgan fingerprint density at radius 3 is 2.05 bits per heavy atom. The molecule has 2 amide bonds. The number of anilines is 1. The van der Waals surface area contributed by atoms with E-state index < -0.39 is 28.7 Å². The number of halogens is 1. The van der Waals surface area contributed by atoms with E-state index in [0.717, 1.165) is 14.2 Å². The smallest absolute Gasteiger partial charge is 0.304 e. The minimum absolute atomic E-state index is 0.0224. The number of hydrogen-bond donors (Lipinski definition) is 1. The van der Waals surface area contributed by atoms with Crippen molar-refractivity contribution in [2.45, 2.75) is 45.3 Å². The van der Waals surface area contributed by atoms with Gasteiger partial charge >= 0.3 is 10.2 Å². The zero-order valence-electron chi connectivity index (χ0n) is 23.3. The van der Waals surface area contributed by atoms with E-state index in [4.69, 9.17) is 11.6 Å². The number of rotatable bonds is 13. The molecule has 0 bridgehead atoms. The van der Waals surface area contributed by atoms with E-state index in [1.165, 1.54) is 19.0 Å². The molecular formula is C30H37ClN4O4S. The SMILES string of the molecule is CC[C@@H](C)NC(=O)[C@@H](Cc1ccccc1)N(Cc1ccccc1Cl)C(=O)CN(c1ccccc1)S(=O)(=O)N(C)C. The van der Waals surface area contributed by atoms with Crippen LogP contribution in [-0.2, 0) is 32.8 Å². The number of carbonyl (C=O) groups is 2. The molecule has 0 fully saturated rings. The molecule has 2 atom stereocenters. The van der Waals surface area contributed by atoms with Gasteiger partial charge in [0.2, 0.25) is 11.8 Å². The summed E-state index contributed by atoms with van der Waals surface area (Å²) in [6.45, 7) is 3.39. The number of benzene rings is 3. The molecule has 0 aliphatic carbocycles. The number of para-hydroxylation sites is 1. The van der Waals surface area contributed by atoms with Crippen LogP contribution in [0.1, 0.15) is 31.4 Å². The summed E-state index contributed by atoms with van der Waals surface area (Å²) in [5.74, 6) is -0.852. The number of nitrogens with one attached hydrogen (secondary N) is 1. The molecule has 0 aliphatic rings. The first-order chi connectivity index (χ1) is 19.0. The van der Waals surface area contributed by atoms with Crippen LogP contribution in [0.2, 0.25) is 5.02 Å². The molecule has 3 aromatic rings. The maximum atomic E-state index is 14.2. The second-order valence-corrected chi connectivity index (χ2v) is 12.2. The van der Waals surface area contributed by atoms with Crippen molar-refractivity contribution >= 4 is 39.3 Å². The lowest BCUT2D eigenvalue weighted by Gasteiger charge is -2.35. The van der Waals surface area contributed by atoms with Crippen LogP contribution in [0.25, 0.3) is 0 Å². The van der Waals surface area contributed by atoms with Gasteiger partial charge in [-0.2, -0.15) is 12.7 Å². The van der Waals surface area contributed by atoms with Crippen molar-refractivity contribution in [2.24, 2.45) is 0 Å². The fraction of sp³-hybridized carbons (Fsp3) is 0.333. The van der Waals surface area contributed by atoms with Gasteiger partial charge in [0.05, 0.1) is 5.69 Å². The molecule has 0 heterocycles. The molecule has 0 radical (unpaired) electrons.